The van der Waals surface area contributed by atoms with Crippen molar-refractivity contribution in [1.29, 1.82) is 0 Å². The van der Waals surface area contributed by atoms with E-state index in [0.29, 0.717) is 38.5 Å². The first-order valence-corrected chi connectivity index (χ1v) is 9.86. The monoisotopic (exact) mass is 359 g/mol. The molecule has 26 heavy (non-hydrogen) atoms. The fraction of sp³-hybridized carbons (Fsp3) is 0.619. The second-order valence-corrected chi connectivity index (χ2v) is 7.22. The standard InChI is InChI=1S/C21H33N3O2/c1-5-22(6-2)21(26)24-15-13-23(14-16-24)20(25)12-9-18-7-10-19(11-8-18)17(3)4/h7-8,10-11,17H,5-6,9,12-16H2,1-4H3. The molecule has 2 rings (SSSR count). The lowest BCUT2D eigenvalue weighted by Crippen LogP contribution is -2.54. The van der Waals surface area contributed by atoms with Gasteiger partial charge < -0.3 is 14.7 Å². The molecule has 0 atom stereocenters. The van der Waals surface area contributed by atoms with Crippen molar-refractivity contribution in [2.45, 2.75) is 46.5 Å². The van der Waals surface area contributed by atoms with Gasteiger partial charge in [0.15, 0.2) is 0 Å². The van der Waals surface area contributed by atoms with E-state index in [9.17, 15) is 9.59 Å². The summed E-state index contributed by atoms with van der Waals surface area (Å²) in [4.78, 5) is 30.4. The molecule has 1 aliphatic heterocycles. The van der Waals surface area contributed by atoms with Crippen LogP contribution in [0.25, 0.3) is 0 Å². The van der Waals surface area contributed by atoms with Crippen molar-refractivity contribution in [2.24, 2.45) is 0 Å². The van der Waals surface area contributed by atoms with Crippen LogP contribution in [0.2, 0.25) is 0 Å². The number of benzene rings is 1. The highest BCUT2D eigenvalue weighted by Crippen LogP contribution is 2.16. The lowest BCUT2D eigenvalue weighted by atomic mass is 10.00. The van der Waals surface area contributed by atoms with Crippen LogP contribution in [0.4, 0.5) is 4.79 Å². The van der Waals surface area contributed by atoms with Crippen LogP contribution in [0.5, 0.6) is 0 Å². The third kappa shape index (κ3) is 5.23. The van der Waals surface area contributed by atoms with Crippen LogP contribution in [0.15, 0.2) is 24.3 Å². The Kier molecular flexibility index (Phi) is 7.49. The molecule has 0 aromatic heterocycles. The lowest BCUT2D eigenvalue weighted by Gasteiger charge is -2.37. The van der Waals surface area contributed by atoms with Crippen LogP contribution in [-0.4, -0.2) is 65.9 Å². The third-order valence-corrected chi connectivity index (χ3v) is 5.21. The Morgan fingerprint density at radius 1 is 0.962 bits per heavy atom. The summed E-state index contributed by atoms with van der Waals surface area (Å²) in [6.45, 7) is 12.3. The predicted molar refractivity (Wildman–Crippen MR) is 105 cm³/mol. The Hall–Kier alpha value is -2.04. The van der Waals surface area contributed by atoms with Crippen LogP contribution in [0.1, 0.15) is 51.2 Å². The van der Waals surface area contributed by atoms with Gasteiger partial charge in [0.05, 0.1) is 0 Å². The van der Waals surface area contributed by atoms with Gasteiger partial charge in [-0.15, -0.1) is 0 Å². The second-order valence-electron chi connectivity index (χ2n) is 7.22. The Balaban J connectivity index is 1.78. The number of carbonyl (C=O) groups is 2. The zero-order valence-corrected chi connectivity index (χ0v) is 16.7. The molecule has 5 heteroatoms. The highest BCUT2D eigenvalue weighted by atomic mass is 16.2. The van der Waals surface area contributed by atoms with Gasteiger partial charge in [0.25, 0.3) is 0 Å². The average Bonchev–Trinajstić information content (AvgIpc) is 2.67. The van der Waals surface area contributed by atoms with Crippen molar-refractivity contribution in [3.63, 3.8) is 0 Å². The van der Waals surface area contributed by atoms with Crippen molar-refractivity contribution in [2.75, 3.05) is 39.3 Å². The molecule has 0 aliphatic carbocycles. The van der Waals surface area contributed by atoms with E-state index in [1.165, 1.54) is 11.1 Å². The summed E-state index contributed by atoms with van der Waals surface area (Å²) in [6, 6.07) is 8.66. The molecule has 1 aromatic rings. The molecule has 0 radical (unpaired) electrons. The molecule has 0 spiro atoms. The molecule has 0 unspecified atom stereocenters. The van der Waals surface area contributed by atoms with E-state index in [1.54, 1.807) is 0 Å². The Morgan fingerprint density at radius 3 is 2.00 bits per heavy atom. The number of urea groups is 1. The van der Waals surface area contributed by atoms with E-state index >= 15 is 0 Å². The predicted octanol–water partition coefficient (Wildman–Crippen LogP) is 3.35. The van der Waals surface area contributed by atoms with E-state index < -0.39 is 0 Å². The summed E-state index contributed by atoms with van der Waals surface area (Å²) in [5.41, 5.74) is 2.53. The number of piperazine rings is 1. The largest absolute Gasteiger partial charge is 0.339 e. The minimum atomic E-state index is 0.0901. The van der Waals surface area contributed by atoms with Crippen LogP contribution < -0.4 is 0 Å². The fourth-order valence-corrected chi connectivity index (χ4v) is 3.32. The van der Waals surface area contributed by atoms with Crippen molar-refractivity contribution in [3.05, 3.63) is 35.4 Å². The van der Waals surface area contributed by atoms with E-state index in [0.717, 1.165) is 19.5 Å². The van der Waals surface area contributed by atoms with Crippen LogP contribution in [0, 0.1) is 0 Å². The summed E-state index contributed by atoms with van der Waals surface area (Å²) < 4.78 is 0. The molecule has 1 aromatic carbocycles. The van der Waals surface area contributed by atoms with Gasteiger partial charge in [0, 0.05) is 45.7 Å². The summed E-state index contributed by atoms with van der Waals surface area (Å²) in [5, 5.41) is 0. The number of hydrogen-bond acceptors (Lipinski definition) is 2. The van der Waals surface area contributed by atoms with Crippen molar-refractivity contribution in [3.8, 4) is 0 Å². The van der Waals surface area contributed by atoms with Gasteiger partial charge in [-0.1, -0.05) is 38.1 Å². The molecule has 1 aliphatic rings. The first-order chi connectivity index (χ1) is 12.5. The number of rotatable bonds is 6. The second kappa shape index (κ2) is 9.60. The number of carbonyl (C=O) groups excluding carboxylic acids is 2. The summed E-state index contributed by atoms with van der Waals surface area (Å²) in [6.07, 6.45) is 1.31. The van der Waals surface area contributed by atoms with Gasteiger partial charge in [-0.25, -0.2) is 4.79 Å². The van der Waals surface area contributed by atoms with Gasteiger partial charge in [-0.05, 0) is 37.3 Å². The first-order valence-electron chi connectivity index (χ1n) is 9.86. The molecular formula is C21H33N3O2. The van der Waals surface area contributed by atoms with E-state index in [1.807, 2.05) is 28.5 Å². The minimum Gasteiger partial charge on any atom is -0.339 e. The van der Waals surface area contributed by atoms with Crippen molar-refractivity contribution >= 4 is 11.9 Å². The lowest BCUT2D eigenvalue weighted by molar-refractivity contribution is -0.132. The maximum absolute atomic E-state index is 12.5. The average molecular weight is 360 g/mol. The van der Waals surface area contributed by atoms with Gasteiger partial charge in [0.2, 0.25) is 5.91 Å². The van der Waals surface area contributed by atoms with Crippen molar-refractivity contribution in [1.82, 2.24) is 14.7 Å². The fourth-order valence-electron chi connectivity index (χ4n) is 3.32. The van der Waals surface area contributed by atoms with Crippen LogP contribution >= 0.6 is 0 Å². The number of nitrogens with zero attached hydrogens (tertiary/aromatic N) is 3. The molecule has 5 nitrogen and oxygen atoms in total. The van der Waals surface area contributed by atoms with Gasteiger partial charge in [-0.3, -0.25) is 4.79 Å². The van der Waals surface area contributed by atoms with Gasteiger partial charge in [0.1, 0.15) is 0 Å². The number of aryl methyl sites for hydroxylation is 1. The quantitative estimate of drug-likeness (QED) is 0.782. The third-order valence-electron chi connectivity index (χ3n) is 5.21. The summed E-state index contributed by atoms with van der Waals surface area (Å²) in [7, 11) is 0. The normalized spacial score (nSPS) is 14.7. The molecule has 1 saturated heterocycles. The van der Waals surface area contributed by atoms with Crippen LogP contribution in [-0.2, 0) is 11.2 Å². The molecular weight excluding hydrogens is 326 g/mol. The van der Waals surface area contributed by atoms with E-state index in [-0.39, 0.29) is 11.9 Å². The summed E-state index contributed by atoms with van der Waals surface area (Å²) >= 11 is 0. The Labute approximate surface area is 158 Å². The molecule has 0 bridgehead atoms. The van der Waals surface area contributed by atoms with E-state index in [4.69, 9.17) is 0 Å². The first kappa shape index (κ1) is 20.3. The maximum atomic E-state index is 12.5. The molecule has 0 saturated carbocycles. The Morgan fingerprint density at radius 2 is 1.50 bits per heavy atom. The van der Waals surface area contributed by atoms with Gasteiger partial charge in [-0.2, -0.15) is 0 Å². The smallest absolute Gasteiger partial charge is 0.320 e. The molecule has 3 amide bonds. The topological polar surface area (TPSA) is 43.9 Å². The highest BCUT2D eigenvalue weighted by Gasteiger charge is 2.25. The highest BCUT2D eigenvalue weighted by molar-refractivity contribution is 5.78. The molecule has 1 fully saturated rings. The molecule has 144 valence electrons. The van der Waals surface area contributed by atoms with E-state index in [2.05, 4.69) is 38.1 Å². The zero-order valence-electron chi connectivity index (χ0n) is 16.7. The SMILES string of the molecule is CCN(CC)C(=O)N1CCN(C(=O)CCc2ccc(C(C)C)cc2)CC1. The zero-order chi connectivity index (χ0) is 19.1. The van der Waals surface area contributed by atoms with Gasteiger partial charge >= 0.3 is 6.03 Å². The number of hydrogen-bond donors (Lipinski definition) is 0. The van der Waals surface area contributed by atoms with Crippen LogP contribution in [0.3, 0.4) is 0 Å². The summed E-state index contributed by atoms with van der Waals surface area (Å²) in [5.74, 6) is 0.717. The molecule has 1 heterocycles. The van der Waals surface area contributed by atoms with Crippen molar-refractivity contribution < 1.29 is 9.59 Å². The Bertz CT molecular complexity index is 586. The number of amides is 3. The maximum Gasteiger partial charge on any atom is 0.320 e. The minimum absolute atomic E-state index is 0.0901. The molecule has 0 N–H and O–H groups in total.